The third kappa shape index (κ3) is 2.54. The van der Waals surface area contributed by atoms with E-state index < -0.39 is 6.04 Å². The largest absolute Gasteiger partial charge is 0.496 e. The Hall–Kier alpha value is -1.39. The van der Waals surface area contributed by atoms with Crippen LogP contribution in [0.25, 0.3) is 0 Å². The molecule has 0 saturated heterocycles. The van der Waals surface area contributed by atoms with E-state index in [4.69, 9.17) is 10.5 Å². The summed E-state index contributed by atoms with van der Waals surface area (Å²) in [4.78, 5) is 0. The average molecular weight is 310 g/mol. The van der Waals surface area contributed by atoms with E-state index in [0.29, 0.717) is 5.56 Å². The lowest BCUT2D eigenvalue weighted by atomic mass is 9.99. The van der Waals surface area contributed by atoms with Crippen molar-refractivity contribution in [2.45, 2.75) is 6.04 Å². The van der Waals surface area contributed by atoms with Crippen molar-refractivity contribution in [3.63, 3.8) is 0 Å². The Morgan fingerprint density at radius 2 is 1.94 bits per heavy atom. The van der Waals surface area contributed by atoms with Gasteiger partial charge in [0, 0.05) is 5.56 Å². The van der Waals surface area contributed by atoms with Crippen LogP contribution in [0.4, 0.5) is 4.39 Å². The van der Waals surface area contributed by atoms with Crippen molar-refractivity contribution >= 4 is 15.9 Å². The molecule has 2 N–H and O–H groups in total. The zero-order valence-electron chi connectivity index (χ0n) is 9.86. The van der Waals surface area contributed by atoms with Gasteiger partial charge in [-0.1, -0.05) is 24.3 Å². The van der Waals surface area contributed by atoms with Crippen LogP contribution in [0.2, 0.25) is 0 Å². The maximum atomic E-state index is 13.7. The molecule has 0 heterocycles. The Balaban J connectivity index is 2.37. The van der Waals surface area contributed by atoms with Crippen molar-refractivity contribution < 1.29 is 9.13 Å². The molecule has 94 valence electrons. The second-order valence-electron chi connectivity index (χ2n) is 3.89. The predicted octanol–water partition coefficient (Wildman–Crippen LogP) is 3.64. The molecular weight excluding hydrogens is 297 g/mol. The second-order valence-corrected chi connectivity index (χ2v) is 4.75. The molecule has 0 aromatic heterocycles. The minimum atomic E-state index is -0.492. The minimum Gasteiger partial charge on any atom is -0.496 e. The van der Waals surface area contributed by atoms with Gasteiger partial charge in [-0.15, -0.1) is 0 Å². The molecule has 1 unspecified atom stereocenters. The number of nitrogens with two attached hydrogens (primary N) is 1. The molecule has 0 bridgehead atoms. The first kappa shape index (κ1) is 13.1. The Bertz CT molecular complexity index is 559. The van der Waals surface area contributed by atoms with Gasteiger partial charge in [-0.25, -0.2) is 4.39 Å². The molecule has 0 aliphatic rings. The van der Waals surface area contributed by atoms with Gasteiger partial charge < -0.3 is 10.5 Å². The van der Waals surface area contributed by atoms with Gasteiger partial charge in [-0.05, 0) is 39.7 Å². The normalized spacial score (nSPS) is 12.2. The Kier molecular flexibility index (Phi) is 3.99. The van der Waals surface area contributed by atoms with Gasteiger partial charge in [0.2, 0.25) is 0 Å². The van der Waals surface area contributed by atoms with Crippen molar-refractivity contribution in [2.75, 3.05) is 7.11 Å². The lowest BCUT2D eigenvalue weighted by Gasteiger charge is -2.14. The first-order valence-electron chi connectivity index (χ1n) is 5.47. The van der Waals surface area contributed by atoms with Crippen LogP contribution in [0.3, 0.4) is 0 Å². The first-order valence-corrected chi connectivity index (χ1v) is 6.26. The van der Waals surface area contributed by atoms with E-state index in [0.717, 1.165) is 15.8 Å². The highest BCUT2D eigenvalue weighted by Crippen LogP contribution is 2.30. The number of ether oxygens (including phenoxy) is 1. The molecule has 1 atom stereocenters. The number of benzene rings is 2. The second kappa shape index (κ2) is 5.50. The van der Waals surface area contributed by atoms with E-state index in [-0.39, 0.29) is 5.82 Å². The zero-order valence-corrected chi connectivity index (χ0v) is 11.4. The monoisotopic (exact) mass is 309 g/mol. The summed E-state index contributed by atoms with van der Waals surface area (Å²) in [7, 11) is 1.59. The number of hydrogen-bond donors (Lipinski definition) is 1. The highest BCUT2D eigenvalue weighted by molar-refractivity contribution is 9.10. The molecule has 2 aromatic rings. The lowest BCUT2D eigenvalue weighted by Crippen LogP contribution is -2.13. The van der Waals surface area contributed by atoms with Crippen LogP contribution in [0, 0.1) is 5.82 Å². The third-order valence-corrected chi connectivity index (χ3v) is 3.39. The Labute approximate surface area is 114 Å². The number of methoxy groups -OCH3 is 1. The molecule has 2 aromatic carbocycles. The fourth-order valence-electron chi connectivity index (χ4n) is 1.78. The molecule has 4 heteroatoms. The Morgan fingerprint density at radius 1 is 1.22 bits per heavy atom. The zero-order chi connectivity index (χ0) is 13.1. The van der Waals surface area contributed by atoms with Gasteiger partial charge >= 0.3 is 0 Å². The number of halogens is 2. The highest BCUT2D eigenvalue weighted by Gasteiger charge is 2.14. The van der Waals surface area contributed by atoms with Crippen molar-refractivity contribution in [3.8, 4) is 5.75 Å². The maximum absolute atomic E-state index is 13.7. The van der Waals surface area contributed by atoms with Gasteiger partial charge in [-0.2, -0.15) is 0 Å². The van der Waals surface area contributed by atoms with Crippen molar-refractivity contribution in [1.82, 2.24) is 0 Å². The van der Waals surface area contributed by atoms with Crippen LogP contribution in [-0.2, 0) is 0 Å². The van der Waals surface area contributed by atoms with Gasteiger partial charge in [0.25, 0.3) is 0 Å². The summed E-state index contributed by atoms with van der Waals surface area (Å²) in [6.07, 6.45) is 0. The predicted molar refractivity (Wildman–Crippen MR) is 73.1 cm³/mol. The molecule has 0 radical (unpaired) electrons. The van der Waals surface area contributed by atoms with E-state index >= 15 is 0 Å². The average Bonchev–Trinajstić information content (AvgIpc) is 2.38. The summed E-state index contributed by atoms with van der Waals surface area (Å²) in [6, 6.07) is 11.5. The Morgan fingerprint density at radius 3 is 2.56 bits per heavy atom. The first-order chi connectivity index (χ1) is 8.63. The molecular formula is C14H13BrFNO. The van der Waals surface area contributed by atoms with Crippen molar-refractivity contribution in [3.05, 3.63) is 63.9 Å². The smallest absolute Gasteiger partial charge is 0.133 e. The van der Waals surface area contributed by atoms with Gasteiger partial charge in [0.1, 0.15) is 11.6 Å². The fraction of sp³-hybridized carbons (Fsp3) is 0.143. The molecule has 2 nitrogen and oxygen atoms in total. The summed E-state index contributed by atoms with van der Waals surface area (Å²) in [5, 5.41) is 0. The van der Waals surface area contributed by atoms with Crippen molar-refractivity contribution in [1.29, 1.82) is 0 Å². The molecule has 18 heavy (non-hydrogen) atoms. The van der Waals surface area contributed by atoms with Crippen LogP contribution in [0.1, 0.15) is 17.2 Å². The summed E-state index contributed by atoms with van der Waals surface area (Å²) >= 11 is 3.39. The summed E-state index contributed by atoms with van der Waals surface area (Å²) < 4.78 is 19.6. The third-order valence-electron chi connectivity index (χ3n) is 2.78. The SMILES string of the molecule is COc1ccc(C(N)c2ccccc2F)cc1Br. The van der Waals surface area contributed by atoms with E-state index in [1.165, 1.54) is 6.07 Å². The molecule has 0 amide bonds. The maximum Gasteiger partial charge on any atom is 0.133 e. The standard InChI is InChI=1S/C14H13BrFNO/c1-18-13-7-6-9(8-11(13)15)14(17)10-4-2-3-5-12(10)16/h2-8,14H,17H2,1H3. The highest BCUT2D eigenvalue weighted by atomic mass is 79.9. The van der Waals surface area contributed by atoms with E-state index in [1.54, 1.807) is 31.4 Å². The van der Waals surface area contributed by atoms with E-state index in [9.17, 15) is 4.39 Å². The van der Waals surface area contributed by atoms with E-state index in [1.807, 2.05) is 12.1 Å². The quantitative estimate of drug-likeness (QED) is 0.939. The van der Waals surface area contributed by atoms with Crippen LogP contribution in [0.15, 0.2) is 46.9 Å². The molecule has 0 aliphatic heterocycles. The molecule has 0 aliphatic carbocycles. The van der Waals surface area contributed by atoms with Crippen LogP contribution < -0.4 is 10.5 Å². The molecule has 0 spiro atoms. The fourth-order valence-corrected chi connectivity index (χ4v) is 2.34. The van der Waals surface area contributed by atoms with Gasteiger partial charge in [0.15, 0.2) is 0 Å². The molecule has 2 rings (SSSR count). The van der Waals surface area contributed by atoms with Crippen LogP contribution in [-0.4, -0.2) is 7.11 Å². The van der Waals surface area contributed by atoms with Crippen LogP contribution in [0.5, 0.6) is 5.75 Å². The number of rotatable bonds is 3. The van der Waals surface area contributed by atoms with Crippen LogP contribution >= 0.6 is 15.9 Å². The van der Waals surface area contributed by atoms with Crippen molar-refractivity contribution in [2.24, 2.45) is 5.73 Å². The number of hydrogen-bond acceptors (Lipinski definition) is 2. The minimum absolute atomic E-state index is 0.294. The molecule has 0 saturated carbocycles. The van der Waals surface area contributed by atoms with E-state index in [2.05, 4.69) is 15.9 Å². The summed E-state index contributed by atoms with van der Waals surface area (Å²) in [5.74, 6) is 0.427. The molecule has 0 fully saturated rings. The van der Waals surface area contributed by atoms with Gasteiger partial charge in [-0.3, -0.25) is 0 Å². The summed E-state index contributed by atoms with van der Waals surface area (Å²) in [5.41, 5.74) is 7.38. The lowest BCUT2D eigenvalue weighted by molar-refractivity contribution is 0.412. The topological polar surface area (TPSA) is 35.2 Å². The summed E-state index contributed by atoms with van der Waals surface area (Å²) in [6.45, 7) is 0. The van der Waals surface area contributed by atoms with Gasteiger partial charge in [0.05, 0.1) is 17.6 Å².